The van der Waals surface area contributed by atoms with Gasteiger partial charge in [-0.1, -0.05) is 42.5 Å². The van der Waals surface area contributed by atoms with Gasteiger partial charge in [0, 0.05) is 12.2 Å². The third kappa shape index (κ3) is 3.66. The molecule has 0 saturated carbocycles. The summed E-state index contributed by atoms with van der Waals surface area (Å²) in [5.41, 5.74) is 8.86. The maximum absolute atomic E-state index is 11.3. The number of anilines is 1. The lowest BCUT2D eigenvalue weighted by atomic mass is 10.0. The van der Waals surface area contributed by atoms with Crippen molar-refractivity contribution >= 4 is 11.5 Å². The summed E-state index contributed by atoms with van der Waals surface area (Å²) in [5.74, 6) is -0.0276. The summed E-state index contributed by atoms with van der Waals surface area (Å²) < 4.78 is 0. The van der Waals surface area contributed by atoms with Crippen LogP contribution in [0.1, 0.15) is 24.1 Å². The van der Waals surface area contributed by atoms with E-state index in [2.05, 4.69) is 17.4 Å². The normalized spacial score (nSPS) is 11.9. The van der Waals surface area contributed by atoms with Gasteiger partial charge in [0.1, 0.15) is 0 Å². The highest BCUT2D eigenvalue weighted by Crippen LogP contribution is 2.17. The lowest BCUT2D eigenvalue weighted by molar-refractivity contribution is -0.118. The standard InChI is InChI=1S/C16H18N2O/c1-12(19)16(17)14-8-5-9-15(10-14)18-11-13-6-3-2-4-7-13/h2-10,16,18H,11,17H2,1H3. The van der Waals surface area contributed by atoms with Crippen LogP contribution in [0.15, 0.2) is 54.6 Å². The molecule has 98 valence electrons. The number of rotatable bonds is 5. The van der Waals surface area contributed by atoms with E-state index in [4.69, 9.17) is 5.73 Å². The maximum atomic E-state index is 11.3. The van der Waals surface area contributed by atoms with Crippen molar-refractivity contribution in [2.75, 3.05) is 5.32 Å². The van der Waals surface area contributed by atoms with Crippen LogP contribution in [0.25, 0.3) is 0 Å². The van der Waals surface area contributed by atoms with Crippen LogP contribution >= 0.6 is 0 Å². The second kappa shape index (κ2) is 6.16. The average molecular weight is 254 g/mol. The van der Waals surface area contributed by atoms with Gasteiger partial charge in [0.2, 0.25) is 0 Å². The molecule has 1 unspecified atom stereocenters. The first-order chi connectivity index (χ1) is 9.16. The summed E-state index contributed by atoms with van der Waals surface area (Å²) in [7, 11) is 0. The molecule has 0 aromatic heterocycles. The van der Waals surface area contributed by atoms with Crippen molar-refractivity contribution < 1.29 is 4.79 Å². The summed E-state index contributed by atoms with van der Waals surface area (Å²) in [5, 5.41) is 3.33. The number of benzene rings is 2. The molecule has 0 fully saturated rings. The number of nitrogens with one attached hydrogen (secondary N) is 1. The maximum Gasteiger partial charge on any atom is 0.150 e. The number of carbonyl (C=O) groups excluding carboxylic acids is 1. The van der Waals surface area contributed by atoms with Crippen molar-refractivity contribution in [3.05, 3.63) is 65.7 Å². The van der Waals surface area contributed by atoms with Crippen LogP contribution in [0, 0.1) is 0 Å². The van der Waals surface area contributed by atoms with Crippen LogP contribution in [0.5, 0.6) is 0 Å². The monoisotopic (exact) mass is 254 g/mol. The lowest BCUT2D eigenvalue weighted by Gasteiger charge is -2.11. The van der Waals surface area contributed by atoms with E-state index in [1.807, 2.05) is 42.5 Å². The summed E-state index contributed by atoms with van der Waals surface area (Å²) in [6.45, 7) is 2.26. The molecular weight excluding hydrogens is 236 g/mol. The number of hydrogen-bond donors (Lipinski definition) is 2. The molecule has 19 heavy (non-hydrogen) atoms. The van der Waals surface area contributed by atoms with E-state index in [0.29, 0.717) is 0 Å². The molecule has 2 rings (SSSR count). The molecule has 0 amide bonds. The van der Waals surface area contributed by atoms with Crippen LogP contribution in [0.3, 0.4) is 0 Å². The van der Waals surface area contributed by atoms with Gasteiger partial charge in [0.25, 0.3) is 0 Å². The Balaban J connectivity index is 2.05. The molecular formula is C16H18N2O. The van der Waals surface area contributed by atoms with Gasteiger partial charge in [-0.15, -0.1) is 0 Å². The Hall–Kier alpha value is -2.13. The average Bonchev–Trinajstić information content (AvgIpc) is 2.45. The molecule has 0 spiro atoms. The van der Waals surface area contributed by atoms with E-state index in [-0.39, 0.29) is 5.78 Å². The predicted octanol–water partition coefficient (Wildman–Crippen LogP) is 2.89. The molecule has 1 atom stereocenters. The molecule has 3 nitrogen and oxygen atoms in total. The third-order valence-corrected chi connectivity index (χ3v) is 3.02. The zero-order valence-electron chi connectivity index (χ0n) is 11.0. The minimum atomic E-state index is -0.543. The second-order valence-electron chi connectivity index (χ2n) is 4.55. The highest BCUT2D eigenvalue weighted by Gasteiger charge is 2.10. The van der Waals surface area contributed by atoms with Crippen molar-refractivity contribution in [2.24, 2.45) is 5.73 Å². The first-order valence-electron chi connectivity index (χ1n) is 6.30. The zero-order valence-corrected chi connectivity index (χ0v) is 11.0. The molecule has 0 aliphatic rings. The van der Waals surface area contributed by atoms with Crippen molar-refractivity contribution in [1.29, 1.82) is 0 Å². The van der Waals surface area contributed by atoms with Gasteiger partial charge in [-0.3, -0.25) is 4.79 Å². The van der Waals surface area contributed by atoms with E-state index < -0.39 is 6.04 Å². The first kappa shape index (κ1) is 13.3. The van der Waals surface area contributed by atoms with Gasteiger partial charge in [-0.05, 0) is 30.2 Å². The number of Topliss-reactive ketones (excluding diaryl/α,β-unsaturated/α-hetero) is 1. The van der Waals surface area contributed by atoms with Gasteiger partial charge in [0.15, 0.2) is 5.78 Å². The van der Waals surface area contributed by atoms with Crippen LogP contribution in [0.4, 0.5) is 5.69 Å². The SMILES string of the molecule is CC(=O)C(N)c1cccc(NCc2ccccc2)c1. The lowest BCUT2D eigenvalue weighted by Crippen LogP contribution is -2.18. The first-order valence-corrected chi connectivity index (χ1v) is 6.30. The third-order valence-electron chi connectivity index (χ3n) is 3.02. The second-order valence-corrected chi connectivity index (χ2v) is 4.55. The largest absolute Gasteiger partial charge is 0.381 e. The van der Waals surface area contributed by atoms with Crippen LogP contribution in [0.2, 0.25) is 0 Å². The highest BCUT2D eigenvalue weighted by molar-refractivity contribution is 5.82. The van der Waals surface area contributed by atoms with Gasteiger partial charge in [-0.25, -0.2) is 0 Å². The Morgan fingerprint density at radius 3 is 2.58 bits per heavy atom. The Morgan fingerprint density at radius 2 is 1.89 bits per heavy atom. The summed E-state index contributed by atoms with van der Waals surface area (Å²) in [4.78, 5) is 11.3. The van der Waals surface area contributed by atoms with Crippen LogP contribution in [-0.2, 0) is 11.3 Å². The van der Waals surface area contributed by atoms with Crippen molar-refractivity contribution in [3.63, 3.8) is 0 Å². The number of nitrogens with two attached hydrogens (primary N) is 1. The number of carbonyl (C=O) groups is 1. The van der Waals surface area contributed by atoms with E-state index in [1.165, 1.54) is 12.5 Å². The Labute approximate surface area is 113 Å². The van der Waals surface area contributed by atoms with Crippen molar-refractivity contribution in [3.8, 4) is 0 Å². The summed E-state index contributed by atoms with van der Waals surface area (Å²) in [6.07, 6.45) is 0. The Bertz CT molecular complexity index is 552. The summed E-state index contributed by atoms with van der Waals surface area (Å²) >= 11 is 0. The molecule has 0 aliphatic carbocycles. The molecule has 2 aromatic rings. The predicted molar refractivity (Wildman–Crippen MR) is 77.8 cm³/mol. The highest BCUT2D eigenvalue weighted by atomic mass is 16.1. The number of ketones is 1. The van der Waals surface area contributed by atoms with Gasteiger partial charge in [-0.2, -0.15) is 0 Å². The Kier molecular flexibility index (Phi) is 4.31. The van der Waals surface area contributed by atoms with Crippen LogP contribution < -0.4 is 11.1 Å². The molecule has 3 N–H and O–H groups in total. The van der Waals surface area contributed by atoms with Crippen molar-refractivity contribution in [1.82, 2.24) is 0 Å². The van der Waals surface area contributed by atoms with Crippen LogP contribution in [-0.4, -0.2) is 5.78 Å². The topological polar surface area (TPSA) is 55.1 Å². The zero-order chi connectivity index (χ0) is 13.7. The molecule has 0 saturated heterocycles. The fourth-order valence-electron chi connectivity index (χ4n) is 1.88. The van der Waals surface area contributed by atoms with E-state index in [1.54, 1.807) is 0 Å². The quantitative estimate of drug-likeness (QED) is 0.862. The fraction of sp³-hybridized carbons (Fsp3) is 0.188. The minimum Gasteiger partial charge on any atom is -0.381 e. The Morgan fingerprint density at radius 1 is 1.16 bits per heavy atom. The van der Waals surface area contributed by atoms with E-state index >= 15 is 0 Å². The van der Waals surface area contributed by atoms with Gasteiger partial charge < -0.3 is 11.1 Å². The van der Waals surface area contributed by atoms with E-state index in [9.17, 15) is 4.79 Å². The van der Waals surface area contributed by atoms with E-state index in [0.717, 1.165) is 17.8 Å². The molecule has 0 aliphatic heterocycles. The molecule has 0 heterocycles. The van der Waals surface area contributed by atoms with Gasteiger partial charge in [0.05, 0.1) is 6.04 Å². The van der Waals surface area contributed by atoms with Crippen molar-refractivity contribution in [2.45, 2.75) is 19.5 Å². The molecule has 0 radical (unpaired) electrons. The minimum absolute atomic E-state index is 0.0276. The fourth-order valence-corrected chi connectivity index (χ4v) is 1.88. The summed E-state index contributed by atoms with van der Waals surface area (Å²) in [6, 6.07) is 17.3. The molecule has 2 aromatic carbocycles. The van der Waals surface area contributed by atoms with Gasteiger partial charge >= 0.3 is 0 Å². The molecule has 0 bridgehead atoms. The molecule has 3 heteroatoms. The number of hydrogen-bond acceptors (Lipinski definition) is 3. The smallest absolute Gasteiger partial charge is 0.150 e.